The predicted molar refractivity (Wildman–Crippen MR) is 69.0 cm³/mol. The van der Waals surface area contributed by atoms with Crippen LogP contribution in [-0.2, 0) is 0 Å². The molecule has 0 saturated carbocycles. The Kier molecular flexibility index (Phi) is 22.1. The van der Waals surface area contributed by atoms with Crippen molar-refractivity contribution >= 4 is 0 Å². The molecule has 3 heteroatoms. The smallest absolute Gasteiger partial charge is 0 e. The minimum atomic E-state index is 0.872. The van der Waals surface area contributed by atoms with Gasteiger partial charge in [-0.25, -0.2) is 0 Å². The van der Waals surface area contributed by atoms with Crippen LogP contribution < -0.4 is 5.73 Å². The van der Waals surface area contributed by atoms with E-state index in [-0.39, 0.29) is 0 Å². The minimum absolute atomic E-state index is 0.872. The zero-order valence-electron chi connectivity index (χ0n) is 11.0. The first kappa shape index (κ1) is 17.8. The van der Waals surface area contributed by atoms with E-state index in [1.165, 1.54) is 70.6 Å². The van der Waals surface area contributed by atoms with Gasteiger partial charge in [-0.15, -0.1) is 0 Å². The zero-order chi connectivity index (χ0) is 12.5. The number of unbranched alkanes of at least 4 members (excludes halogenated alkanes) is 10. The summed E-state index contributed by atoms with van der Waals surface area (Å²) in [6.07, 6.45) is 15.4. The van der Waals surface area contributed by atoms with Gasteiger partial charge in [0.15, 0.2) is 0 Å². The van der Waals surface area contributed by atoms with Crippen molar-refractivity contribution in [1.82, 2.24) is 0 Å². The van der Waals surface area contributed by atoms with Gasteiger partial charge < -0.3 is 5.73 Å². The van der Waals surface area contributed by atoms with Crippen molar-refractivity contribution in [2.75, 3.05) is 6.54 Å². The van der Waals surface area contributed by atoms with Gasteiger partial charge in [0.25, 0.3) is 0 Å². The third-order valence-electron chi connectivity index (χ3n) is 2.81. The summed E-state index contributed by atoms with van der Waals surface area (Å²) in [4.78, 5) is 0. The molecule has 0 aliphatic heterocycles. The molecule has 96 valence electrons. The summed E-state index contributed by atoms with van der Waals surface area (Å²) in [6, 6.07) is 0. The second-order valence-corrected chi connectivity index (χ2v) is 4.32. The van der Waals surface area contributed by atoms with Crippen LogP contribution in [-0.4, -0.2) is 6.54 Å². The molecule has 0 aromatic carbocycles. The van der Waals surface area contributed by atoms with Crippen molar-refractivity contribution in [1.29, 1.82) is 10.8 Å². The molecule has 0 aliphatic rings. The highest BCUT2D eigenvalue weighted by Gasteiger charge is 1.91. The highest BCUT2D eigenvalue weighted by Crippen LogP contribution is 2.10. The number of nitrogens with zero attached hydrogens (tertiary/aromatic N) is 2. The number of rotatable bonds is 11. The van der Waals surface area contributed by atoms with Crippen molar-refractivity contribution in [3.8, 4) is 0 Å². The third-order valence-corrected chi connectivity index (χ3v) is 2.81. The molecule has 0 rings (SSSR count). The van der Waals surface area contributed by atoms with E-state index < -0.39 is 0 Å². The normalized spacial score (nSPS) is 9.50. The molecular formula is C13H29N3. The lowest BCUT2D eigenvalue weighted by molar-refractivity contribution is 0.551. The number of nitrogens with two attached hydrogens (primary N) is 1. The molecule has 0 saturated heterocycles. The molecule has 2 N–H and O–H groups in total. The van der Waals surface area contributed by atoms with E-state index in [0.717, 1.165) is 6.54 Å². The molecule has 0 aromatic heterocycles. The van der Waals surface area contributed by atoms with Crippen molar-refractivity contribution < 1.29 is 0 Å². The Labute approximate surface area is 101 Å². The summed E-state index contributed by atoms with van der Waals surface area (Å²) in [5.41, 5.74) is 5.44. The standard InChI is InChI=1S/C13H29N.N2/c1-2-3-4-5-6-7-8-9-10-11-12-13-14;1-2/h2-14H2,1H3;. The van der Waals surface area contributed by atoms with Gasteiger partial charge in [-0.2, -0.15) is 0 Å². The summed E-state index contributed by atoms with van der Waals surface area (Å²) in [7, 11) is 0. The topological polar surface area (TPSA) is 73.6 Å². The maximum atomic E-state index is 6.00. The average molecular weight is 227 g/mol. The van der Waals surface area contributed by atoms with E-state index in [2.05, 4.69) is 6.92 Å². The monoisotopic (exact) mass is 227 g/mol. The van der Waals surface area contributed by atoms with Gasteiger partial charge in [0, 0.05) is 10.8 Å². The highest BCUT2D eigenvalue weighted by atomic mass is 14.6. The molecule has 0 aromatic rings. The molecule has 0 spiro atoms. The van der Waals surface area contributed by atoms with Crippen molar-refractivity contribution in [3.63, 3.8) is 0 Å². The molecule has 0 fully saturated rings. The summed E-state index contributed by atoms with van der Waals surface area (Å²) in [6.45, 7) is 3.15. The summed E-state index contributed by atoms with van der Waals surface area (Å²) in [5, 5.41) is 12.0. The Morgan fingerprint density at radius 3 is 1.25 bits per heavy atom. The maximum absolute atomic E-state index is 6.00. The Morgan fingerprint density at radius 1 is 0.625 bits per heavy atom. The van der Waals surface area contributed by atoms with Gasteiger partial charge >= 0.3 is 0 Å². The third kappa shape index (κ3) is 19.0. The van der Waals surface area contributed by atoms with Gasteiger partial charge in [-0.05, 0) is 13.0 Å². The lowest BCUT2D eigenvalue weighted by Crippen LogP contribution is -1.97. The second-order valence-electron chi connectivity index (χ2n) is 4.32. The fourth-order valence-electron chi connectivity index (χ4n) is 1.81. The summed E-state index contributed by atoms with van der Waals surface area (Å²) < 4.78 is 0. The van der Waals surface area contributed by atoms with Gasteiger partial charge in [0.2, 0.25) is 0 Å². The molecular weight excluding hydrogens is 198 g/mol. The van der Waals surface area contributed by atoms with Gasteiger partial charge in [-0.3, -0.25) is 0 Å². The second kappa shape index (κ2) is 19.9. The van der Waals surface area contributed by atoms with Gasteiger partial charge in [0.1, 0.15) is 0 Å². The molecule has 0 radical (unpaired) electrons. The lowest BCUT2D eigenvalue weighted by atomic mass is 10.1. The predicted octanol–water partition coefficient (Wildman–Crippen LogP) is 4.29. The van der Waals surface area contributed by atoms with Crippen LogP contribution in [0.5, 0.6) is 0 Å². The molecule has 3 nitrogen and oxygen atoms in total. The Morgan fingerprint density at radius 2 is 0.938 bits per heavy atom. The summed E-state index contributed by atoms with van der Waals surface area (Å²) >= 11 is 0. The Balaban J connectivity index is 0. The minimum Gasteiger partial charge on any atom is -0.330 e. The Bertz CT molecular complexity index is 112. The SMILES string of the molecule is CCCCCCCCCCCCCN.N#N. The van der Waals surface area contributed by atoms with Gasteiger partial charge in [-0.1, -0.05) is 71.1 Å². The average Bonchev–Trinajstić information content (AvgIpc) is 2.34. The maximum Gasteiger partial charge on any atom is 0 e. The van der Waals surface area contributed by atoms with Crippen molar-refractivity contribution in [3.05, 3.63) is 0 Å². The molecule has 0 bridgehead atoms. The fourth-order valence-corrected chi connectivity index (χ4v) is 1.81. The van der Waals surface area contributed by atoms with E-state index in [0.29, 0.717) is 0 Å². The van der Waals surface area contributed by atoms with Crippen LogP contribution >= 0.6 is 0 Å². The van der Waals surface area contributed by atoms with Crippen LogP contribution in [0.4, 0.5) is 0 Å². The van der Waals surface area contributed by atoms with Crippen LogP contribution in [0.1, 0.15) is 77.6 Å². The van der Waals surface area contributed by atoms with E-state index in [4.69, 9.17) is 16.5 Å². The summed E-state index contributed by atoms with van der Waals surface area (Å²) in [5.74, 6) is 0. The highest BCUT2D eigenvalue weighted by molar-refractivity contribution is 4.47. The molecule has 0 amide bonds. The first-order chi connectivity index (χ1) is 7.91. The molecule has 0 unspecified atom stereocenters. The van der Waals surface area contributed by atoms with Crippen LogP contribution in [0.2, 0.25) is 0 Å². The van der Waals surface area contributed by atoms with Gasteiger partial charge in [0.05, 0.1) is 0 Å². The van der Waals surface area contributed by atoms with Crippen LogP contribution in [0.3, 0.4) is 0 Å². The Hall–Kier alpha value is -0.620. The fraction of sp³-hybridized carbons (Fsp3) is 1.00. The first-order valence-corrected chi connectivity index (χ1v) is 6.82. The van der Waals surface area contributed by atoms with E-state index in [9.17, 15) is 0 Å². The lowest BCUT2D eigenvalue weighted by Gasteiger charge is -2.01. The molecule has 0 aliphatic carbocycles. The number of hydrogen-bond acceptors (Lipinski definition) is 3. The van der Waals surface area contributed by atoms with E-state index >= 15 is 0 Å². The molecule has 0 heterocycles. The van der Waals surface area contributed by atoms with Crippen LogP contribution in [0.15, 0.2) is 0 Å². The molecule has 16 heavy (non-hydrogen) atoms. The molecule has 0 atom stereocenters. The van der Waals surface area contributed by atoms with Crippen molar-refractivity contribution in [2.45, 2.75) is 77.6 Å². The largest absolute Gasteiger partial charge is 0.330 e. The van der Waals surface area contributed by atoms with Crippen molar-refractivity contribution in [2.24, 2.45) is 5.73 Å². The first-order valence-electron chi connectivity index (χ1n) is 6.82. The number of hydrogen-bond donors (Lipinski definition) is 1. The van der Waals surface area contributed by atoms with E-state index in [1.807, 2.05) is 0 Å². The zero-order valence-corrected chi connectivity index (χ0v) is 11.0. The quantitative estimate of drug-likeness (QED) is 0.423. The van der Waals surface area contributed by atoms with Crippen LogP contribution in [0, 0.1) is 10.8 Å². The van der Waals surface area contributed by atoms with Crippen LogP contribution in [0.25, 0.3) is 0 Å². The van der Waals surface area contributed by atoms with E-state index in [1.54, 1.807) is 0 Å².